The average Bonchev–Trinajstić information content (AvgIpc) is 2.86. The van der Waals surface area contributed by atoms with E-state index in [0.29, 0.717) is 29.9 Å². The Bertz CT molecular complexity index is 799. The molecular formula is C18H17N3O3. The van der Waals surface area contributed by atoms with E-state index < -0.39 is 0 Å². The van der Waals surface area contributed by atoms with Crippen LogP contribution in [-0.4, -0.2) is 35.0 Å². The van der Waals surface area contributed by atoms with Gasteiger partial charge in [0.05, 0.1) is 16.8 Å². The SMILES string of the molecule is O=C1c2ccccc2C(=O)N1CC1CNc2cc(NO)ccc2C1. The highest BCUT2D eigenvalue weighted by Crippen LogP contribution is 2.30. The lowest BCUT2D eigenvalue weighted by atomic mass is 9.93. The Hall–Kier alpha value is -2.86. The summed E-state index contributed by atoms with van der Waals surface area (Å²) in [5, 5.41) is 12.3. The molecule has 0 aliphatic carbocycles. The first-order valence-corrected chi connectivity index (χ1v) is 7.89. The molecule has 3 N–H and O–H groups in total. The van der Waals surface area contributed by atoms with Gasteiger partial charge in [0.1, 0.15) is 0 Å². The van der Waals surface area contributed by atoms with Crippen molar-refractivity contribution in [1.82, 2.24) is 4.90 Å². The molecule has 0 saturated heterocycles. The molecule has 0 bridgehead atoms. The molecule has 2 aromatic carbocycles. The Kier molecular flexibility index (Phi) is 3.46. The van der Waals surface area contributed by atoms with Crippen molar-refractivity contribution in [1.29, 1.82) is 0 Å². The molecule has 0 radical (unpaired) electrons. The molecule has 6 heteroatoms. The lowest BCUT2D eigenvalue weighted by Crippen LogP contribution is -2.39. The van der Waals surface area contributed by atoms with E-state index in [0.717, 1.165) is 17.7 Å². The summed E-state index contributed by atoms with van der Waals surface area (Å²) in [6.45, 7) is 1.08. The molecule has 0 spiro atoms. The number of hydrogen-bond donors (Lipinski definition) is 3. The van der Waals surface area contributed by atoms with Gasteiger partial charge in [0.25, 0.3) is 11.8 Å². The summed E-state index contributed by atoms with van der Waals surface area (Å²) in [4.78, 5) is 26.3. The van der Waals surface area contributed by atoms with Crippen LogP contribution in [0.15, 0.2) is 42.5 Å². The van der Waals surface area contributed by atoms with Crippen LogP contribution in [0.4, 0.5) is 11.4 Å². The molecule has 2 amide bonds. The van der Waals surface area contributed by atoms with Crippen molar-refractivity contribution in [2.45, 2.75) is 6.42 Å². The summed E-state index contributed by atoms with van der Waals surface area (Å²) in [7, 11) is 0. The van der Waals surface area contributed by atoms with Gasteiger partial charge in [0.2, 0.25) is 0 Å². The highest BCUT2D eigenvalue weighted by molar-refractivity contribution is 6.21. The number of nitrogens with one attached hydrogen (secondary N) is 2. The normalized spacial score (nSPS) is 18.9. The number of nitrogens with zero attached hydrogens (tertiary/aromatic N) is 1. The van der Waals surface area contributed by atoms with Gasteiger partial charge in [-0.15, -0.1) is 0 Å². The molecule has 2 aliphatic heterocycles. The number of rotatable bonds is 3. The summed E-state index contributed by atoms with van der Waals surface area (Å²) >= 11 is 0. The average molecular weight is 323 g/mol. The lowest BCUT2D eigenvalue weighted by Gasteiger charge is -2.29. The van der Waals surface area contributed by atoms with E-state index in [1.54, 1.807) is 30.3 Å². The zero-order valence-electron chi connectivity index (χ0n) is 13.0. The van der Waals surface area contributed by atoms with Gasteiger partial charge in [-0.1, -0.05) is 18.2 Å². The van der Waals surface area contributed by atoms with E-state index in [-0.39, 0.29) is 17.7 Å². The number of carbonyl (C=O) groups excluding carboxylic acids is 2. The maximum atomic E-state index is 12.5. The fourth-order valence-corrected chi connectivity index (χ4v) is 3.42. The summed E-state index contributed by atoms with van der Waals surface area (Å²) in [5.74, 6) is -0.255. The predicted octanol–water partition coefficient (Wildman–Crippen LogP) is 2.37. The van der Waals surface area contributed by atoms with Crippen LogP contribution in [-0.2, 0) is 6.42 Å². The Labute approximate surface area is 139 Å². The third kappa shape index (κ3) is 2.32. The first kappa shape index (κ1) is 14.7. The van der Waals surface area contributed by atoms with Crippen molar-refractivity contribution in [3.05, 3.63) is 59.2 Å². The zero-order valence-corrected chi connectivity index (χ0v) is 13.0. The van der Waals surface area contributed by atoms with Crippen LogP contribution in [0.5, 0.6) is 0 Å². The van der Waals surface area contributed by atoms with Crippen LogP contribution >= 0.6 is 0 Å². The molecule has 2 aliphatic rings. The fourth-order valence-electron chi connectivity index (χ4n) is 3.42. The van der Waals surface area contributed by atoms with Crippen molar-refractivity contribution >= 4 is 23.2 Å². The van der Waals surface area contributed by atoms with E-state index in [9.17, 15) is 9.59 Å². The van der Waals surface area contributed by atoms with E-state index in [4.69, 9.17) is 5.21 Å². The number of amides is 2. The second-order valence-electron chi connectivity index (χ2n) is 6.20. The molecule has 0 fully saturated rings. The minimum Gasteiger partial charge on any atom is -0.384 e. The molecule has 24 heavy (non-hydrogen) atoms. The van der Waals surface area contributed by atoms with Gasteiger partial charge in [-0.25, -0.2) is 0 Å². The minimum absolute atomic E-state index is 0.160. The summed E-state index contributed by atoms with van der Waals surface area (Å²) in [6.07, 6.45) is 0.779. The van der Waals surface area contributed by atoms with Gasteiger partial charge in [-0.2, -0.15) is 0 Å². The molecule has 2 heterocycles. The van der Waals surface area contributed by atoms with Gasteiger partial charge in [0.15, 0.2) is 0 Å². The topological polar surface area (TPSA) is 81.7 Å². The quantitative estimate of drug-likeness (QED) is 0.597. The maximum Gasteiger partial charge on any atom is 0.261 e. The summed E-state index contributed by atoms with van der Waals surface area (Å²) < 4.78 is 0. The molecule has 1 atom stereocenters. The molecular weight excluding hydrogens is 306 g/mol. The van der Waals surface area contributed by atoms with Gasteiger partial charge in [-0.05, 0) is 42.2 Å². The summed E-state index contributed by atoms with van der Waals surface area (Å²) in [6, 6.07) is 12.5. The minimum atomic E-state index is -0.207. The number of fused-ring (bicyclic) bond motifs is 2. The molecule has 0 aromatic heterocycles. The van der Waals surface area contributed by atoms with Crippen molar-refractivity contribution in [2.24, 2.45) is 5.92 Å². The van der Waals surface area contributed by atoms with Crippen LogP contribution in [0.25, 0.3) is 0 Å². The van der Waals surface area contributed by atoms with Crippen LogP contribution in [0.2, 0.25) is 0 Å². The number of anilines is 2. The van der Waals surface area contributed by atoms with E-state index in [1.165, 1.54) is 4.90 Å². The first-order valence-electron chi connectivity index (χ1n) is 7.89. The number of benzene rings is 2. The third-order valence-corrected chi connectivity index (χ3v) is 4.65. The monoisotopic (exact) mass is 323 g/mol. The highest BCUT2D eigenvalue weighted by Gasteiger charge is 2.36. The third-order valence-electron chi connectivity index (χ3n) is 4.65. The second-order valence-corrected chi connectivity index (χ2v) is 6.20. The van der Waals surface area contributed by atoms with Crippen molar-refractivity contribution in [3.8, 4) is 0 Å². The Morgan fingerprint density at radius 3 is 2.50 bits per heavy atom. The number of carbonyl (C=O) groups is 2. The predicted molar refractivity (Wildman–Crippen MR) is 89.3 cm³/mol. The molecule has 0 saturated carbocycles. The highest BCUT2D eigenvalue weighted by atomic mass is 16.5. The number of hydrogen-bond acceptors (Lipinski definition) is 5. The largest absolute Gasteiger partial charge is 0.384 e. The molecule has 2 aromatic rings. The van der Waals surface area contributed by atoms with E-state index >= 15 is 0 Å². The lowest BCUT2D eigenvalue weighted by molar-refractivity contribution is 0.0630. The van der Waals surface area contributed by atoms with Crippen LogP contribution < -0.4 is 10.8 Å². The van der Waals surface area contributed by atoms with Crippen molar-refractivity contribution in [3.63, 3.8) is 0 Å². The fraction of sp³-hybridized carbons (Fsp3) is 0.222. The van der Waals surface area contributed by atoms with Crippen molar-refractivity contribution in [2.75, 3.05) is 23.9 Å². The molecule has 122 valence electrons. The second kappa shape index (κ2) is 5.65. The van der Waals surface area contributed by atoms with E-state index in [1.807, 2.05) is 12.1 Å². The van der Waals surface area contributed by atoms with E-state index in [2.05, 4.69) is 10.8 Å². The van der Waals surface area contributed by atoms with Gasteiger partial charge >= 0.3 is 0 Å². The zero-order chi connectivity index (χ0) is 16.7. The Morgan fingerprint density at radius 2 is 1.83 bits per heavy atom. The molecule has 6 nitrogen and oxygen atoms in total. The van der Waals surface area contributed by atoms with Crippen LogP contribution in [0.3, 0.4) is 0 Å². The first-order chi connectivity index (χ1) is 11.7. The van der Waals surface area contributed by atoms with Crippen LogP contribution in [0, 0.1) is 5.92 Å². The molecule has 1 unspecified atom stereocenters. The summed E-state index contributed by atoms with van der Waals surface area (Å²) in [5.41, 5.74) is 5.82. The van der Waals surface area contributed by atoms with Gasteiger partial charge in [-0.3, -0.25) is 25.2 Å². The van der Waals surface area contributed by atoms with Crippen LogP contribution in [0.1, 0.15) is 26.3 Å². The van der Waals surface area contributed by atoms with Gasteiger partial charge in [0, 0.05) is 18.8 Å². The standard InChI is InChI=1S/C18H17N3O3/c22-17-14-3-1-2-4-15(14)18(23)21(17)10-11-7-12-5-6-13(20-24)8-16(12)19-9-11/h1-6,8,11,19-20,24H,7,9-10H2. The maximum absolute atomic E-state index is 12.5. The van der Waals surface area contributed by atoms with Gasteiger partial charge < -0.3 is 5.32 Å². The number of imide groups is 1. The van der Waals surface area contributed by atoms with Crippen molar-refractivity contribution < 1.29 is 14.8 Å². The molecule has 4 rings (SSSR count). The Morgan fingerprint density at radius 1 is 1.12 bits per heavy atom. The smallest absolute Gasteiger partial charge is 0.261 e. The Balaban J connectivity index is 1.51.